The minimum absolute atomic E-state index is 0.0390. The van der Waals surface area contributed by atoms with Gasteiger partial charge in [-0.2, -0.15) is 0 Å². The van der Waals surface area contributed by atoms with Gasteiger partial charge in [0.1, 0.15) is 6.04 Å². The number of benzene rings is 2. The Morgan fingerprint density at radius 2 is 2.00 bits per heavy atom. The van der Waals surface area contributed by atoms with Crippen molar-refractivity contribution in [1.82, 2.24) is 10.2 Å². The summed E-state index contributed by atoms with van der Waals surface area (Å²) < 4.78 is 0. The lowest BCUT2D eigenvalue weighted by Crippen LogP contribution is -2.47. The third-order valence-corrected chi connectivity index (χ3v) is 4.80. The highest BCUT2D eigenvalue weighted by molar-refractivity contribution is 5.88. The molecule has 25 heavy (non-hydrogen) atoms. The number of aliphatic hydroxyl groups is 1. The van der Waals surface area contributed by atoms with E-state index in [4.69, 9.17) is 0 Å². The molecule has 1 aliphatic heterocycles. The van der Waals surface area contributed by atoms with Gasteiger partial charge in [0.2, 0.25) is 11.8 Å². The number of rotatable bonds is 6. The van der Waals surface area contributed by atoms with Crippen LogP contribution in [0, 0.1) is 0 Å². The first-order valence-corrected chi connectivity index (χ1v) is 8.84. The number of carbonyl (C=O) groups is 2. The van der Waals surface area contributed by atoms with E-state index in [1.165, 1.54) is 0 Å². The molecule has 2 unspecified atom stereocenters. The molecule has 2 amide bonds. The van der Waals surface area contributed by atoms with Gasteiger partial charge in [-0.15, -0.1) is 0 Å². The Balaban J connectivity index is 1.62. The smallest absolute Gasteiger partial charge is 0.242 e. The van der Waals surface area contributed by atoms with Crippen molar-refractivity contribution >= 4 is 22.6 Å². The minimum atomic E-state index is -0.777. The Morgan fingerprint density at radius 3 is 2.68 bits per heavy atom. The van der Waals surface area contributed by atoms with Gasteiger partial charge in [-0.3, -0.25) is 9.59 Å². The molecule has 1 heterocycles. The number of aliphatic hydroxyl groups excluding tert-OH is 1. The lowest BCUT2D eigenvalue weighted by atomic mass is 10.0. The minimum Gasteiger partial charge on any atom is -0.387 e. The molecule has 1 aliphatic rings. The van der Waals surface area contributed by atoms with Gasteiger partial charge in [0.15, 0.2) is 0 Å². The zero-order valence-electron chi connectivity index (χ0n) is 14.4. The van der Waals surface area contributed by atoms with Crippen LogP contribution in [0.2, 0.25) is 0 Å². The van der Waals surface area contributed by atoms with Crippen LogP contribution in [0.25, 0.3) is 10.8 Å². The molecule has 2 aromatic carbocycles. The molecule has 0 bridgehead atoms. The van der Waals surface area contributed by atoms with Crippen LogP contribution in [-0.2, 0) is 9.59 Å². The van der Waals surface area contributed by atoms with Crippen LogP contribution in [-0.4, -0.2) is 41.0 Å². The highest BCUT2D eigenvalue weighted by Gasteiger charge is 2.31. The second-order valence-electron chi connectivity index (χ2n) is 6.48. The predicted molar refractivity (Wildman–Crippen MR) is 96.9 cm³/mol. The molecule has 1 saturated heterocycles. The van der Waals surface area contributed by atoms with Gasteiger partial charge in [0.05, 0.1) is 6.10 Å². The first-order chi connectivity index (χ1) is 12.1. The molecule has 0 radical (unpaired) electrons. The molecule has 3 rings (SSSR count). The summed E-state index contributed by atoms with van der Waals surface area (Å²) in [5.74, 6) is -0.158. The second kappa shape index (κ2) is 7.66. The quantitative estimate of drug-likeness (QED) is 0.848. The monoisotopic (exact) mass is 340 g/mol. The number of fused-ring (bicyclic) bond motifs is 1. The first kappa shape index (κ1) is 17.4. The van der Waals surface area contributed by atoms with E-state index in [2.05, 4.69) is 5.32 Å². The van der Waals surface area contributed by atoms with Crippen LogP contribution in [0.5, 0.6) is 0 Å². The summed E-state index contributed by atoms with van der Waals surface area (Å²) in [6.07, 6.45) is 1.12. The Kier molecular flexibility index (Phi) is 5.34. The zero-order valence-corrected chi connectivity index (χ0v) is 14.4. The summed E-state index contributed by atoms with van der Waals surface area (Å²) in [7, 11) is 0. The number of amides is 2. The molecule has 2 atom stereocenters. The normalized spacial score (nSPS) is 16.9. The van der Waals surface area contributed by atoms with Crippen molar-refractivity contribution in [2.75, 3.05) is 13.1 Å². The molecule has 0 spiro atoms. The van der Waals surface area contributed by atoms with Crippen LogP contribution in [0.1, 0.15) is 37.9 Å². The molecule has 2 N–H and O–H groups in total. The van der Waals surface area contributed by atoms with E-state index < -0.39 is 12.1 Å². The fourth-order valence-corrected chi connectivity index (χ4v) is 3.39. The largest absolute Gasteiger partial charge is 0.387 e. The summed E-state index contributed by atoms with van der Waals surface area (Å²) in [6.45, 7) is 2.67. The molecule has 5 heteroatoms. The van der Waals surface area contributed by atoms with Crippen LogP contribution >= 0.6 is 0 Å². The van der Waals surface area contributed by atoms with E-state index in [0.717, 1.165) is 22.8 Å². The van der Waals surface area contributed by atoms with E-state index in [-0.39, 0.29) is 18.4 Å². The molecule has 1 fully saturated rings. The van der Waals surface area contributed by atoms with Crippen molar-refractivity contribution < 1.29 is 14.7 Å². The Bertz CT molecular complexity index is 774. The SMILES string of the molecule is CCC(C(=O)NCC(O)c1ccc2ccccc2c1)N1CCCC1=O. The summed E-state index contributed by atoms with van der Waals surface area (Å²) in [5.41, 5.74) is 0.768. The Labute approximate surface area is 147 Å². The van der Waals surface area contributed by atoms with E-state index in [0.29, 0.717) is 19.4 Å². The van der Waals surface area contributed by atoms with Crippen molar-refractivity contribution in [3.05, 3.63) is 48.0 Å². The first-order valence-electron chi connectivity index (χ1n) is 8.84. The van der Waals surface area contributed by atoms with Crippen molar-refractivity contribution in [2.24, 2.45) is 0 Å². The molecule has 0 aliphatic carbocycles. The Morgan fingerprint density at radius 1 is 1.24 bits per heavy atom. The molecule has 0 saturated carbocycles. The third-order valence-electron chi connectivity index (χ3n) is 4.80. The molecule has 5 nitrogen and oxygen atoms in total. The van der Waals surface area contributed by atoms with Gasteiger partial charge < -0.3 is 15.3 Å². The van der Waals surface area contributed by atoms with Crippen LogP contribution in [0.3, 0.4) is 0 Å². The summed E-state index contributed by atoms with van der Waals surface area (Å²) >= 11 is 0. The van der Waals surface area contributed by atoms with E-state index in [9.17, 15) is 14.7 Å². The Hall–Kier alpha value is -2.40. The van der Waals surface area contributed by atoms with Gasteiger partial charge >= 0.3 is 0 Å². The van der Waals surface area contributed by atoms with Gasteiger partial charge in [0.25, 0.3) is 0 Å². The van der Waals surface area contributed by atoms with Crippen LogP contribution in [0.15, 0.2) is 42.5 Å². The van der Waals surface area contributed by atoms with Crippen molar-refractivity contribution in [2.45, 2.75) is 38.3 Å². The topological polar surface area (TPSA) is 69.6 Å². The number of likely N-dealkylation sites (tertiary alicyclic amines) is 1. The zero-order chi connectivity index (χ0) is 17.8. The summed E-state index contributed by atoms with van der Waals surface area (Å²) in [4.78, 5) is 25.9. The number of nitrogens with zero attached hydrogens (tertiary/aromatic N) is 1. The van der Waals surface area contributed by atoms with Crippen molar-refractivity contribution in [3.8, 4) is 0 Å². The highest BCUT2D eigenvalue weighted by Crippen LogP contribution is 2.20. The molecule has 0 aromatic heterocycles. The number of hydrogen-bond acceptors (Lipinski definition) is 3. The maximum Gasteiger partial charge on any atom is 0.242 e. The summed E-state index contributed by atoms with van der Waals surface area (Å²) in [5, 5.41) is 15.4. The van der Waals surface area contributed by atoms with Gasteiger partial charge in [-0.25, -0.2) is 0 Å². The molecule has 2 aromatic rings. The molecular formula is C20H24N2O3. The predicted octanol–water partition coefficient (Wildman–Crippen LogP) is 2.39. The van der Waals surface area contributed by atoms with Crippen LogP contribution < -0.4 is 5.32 Å². The van der Waals surface area contributed by atoms with Crippen molar-refractivity contribution in [1.29, 1.82) is 0 Å². The van der Waals surface area contributed by atoms with Crippen LogP contribution in [0.4, 0.5) is 0 Å². The highest BCUT2D eigenvalue weighted by atomic mass is 16.3. The lowest BCUT2D eigenvalue weighted by molar-refractivity contribution is -0.137. The fourth-order valence-electron chi connectivity index (χ4n) is 3.39. The van der Waals surface area contributed by atoms with Gasteiger partial charge in [0, 0.05) is 19.5 Å². The average Bonchev–Trinajstić information content (AvgIpc) is 3.05. The maximum atomic E-state index is 12.4. The number of hydrogen-bond donors (Lipinski definition) is 2. The second-order valence-corrected chi connectivity index (χ2v) is 6.48. The van der Waals surface area contributed by atoms with Gasteiger partial charge in [-0.05, 0) is 35.2 Å². The summed E-state index contributed by atoms with van der Waals surface area (Å²) in [6, 6.07) is 13.3. The lowest BCUT2D eigenvalue weighted by Gasteiger charge is -2.26. The van der Waals surface area contributed by atoms with Crippen molar-refractivity contribution in [3.63, 3.8) is 0 Å². The molecular weight excluding hydrogens is 316 g/mol. The standard InChI is InChI=1S/C20H24N2O3/c1-2-17(22-11-5-8-19(22)24)20(25)21-13-18(23)16-10-9-14-6-3-4-7-15(14)12-16/h3-4,6-7,9-10,12,17-18,23H,2,5,8,11,13H2,1H3,(H,21,25). The number of carbonyl (C=O) groups excluding carboxylic acids is 2. The van der Waals surface area contributed by atoms with E-state index in [1.54, 1.807) is 4.90 Å². The van der Waals surface area contributed by atoms with Gasteiger partial charge in [-0.1, -0.05) is 43.3 Å². The number of nitrogens with one attached hydrogen (secondary N) is 1. The maximum absolute atomic E-state index is 12.4. The molecule has 132 valence electrons. The third kappa shape index (κ3) is 3.82. The van der Waals surface area contributed by atoms with E-state index >= 15 is 0 Å². The fraction of sp³-hybridized carbons (Fsp3) is 0.400. The van der Waals surface area contributed by atoms with E-state index in [1.807, 2.05) is 49.4 Å². The average molecular weight is 340 g/mol.